The Labute approximate surface area is 157 Å². The zero-order valence-electron chi connectivity index (χ0n) is 15.2. The highest BCUT2D eigenvalue weighted by atomic mass is 16.5. The minimum absolute atomic E-state index is 0.0252. The van der Waals surface area contributed by atoms with Crippen molar-refractivity contribution >= 4 is 5.97 Å². The Balaban J connectivity index is 1.84. The third-order valence-corrected chi connectivity index (χ3v) is 4.63. The molecule has 1 aliphatic rings. The average Bonchev–Trinajstić information content (AvgIpc) is 2.69. The number of hydrogen-bond donors (Lipinski definition) is 2. The normalized spacial score (nSPS) is 20.4. The van der Waals surface area contributed by atoms with E-state index in [1.807, 2.05) is 12.1 Å². The second kappa shape index (κ2) is 8.90. The van der Waals surface area contributed by atoms with E-state index in [-0.39, 0.29) is 18.8 Å². The van der Waals surface area contributed by atoms with Gasteiger partial charge in [-0.2, -0.15) is 0 Å². The molecule has 8 heteroatoms. The molecule has 0 radical (unpaired) electrons. The molecule has 0 bridgehead atoms. The molecule has 1 fully saturated rings. The van der Waals surface area contributed by atoms with E-state index in [1.165, 1.54) is 0 Å². The maximum Gasteiger partial charge on any atom is 0.341 e. The number of nitrogens with zero attached hydrogens (tertiary/aromatic N) is 3. The molecule has 2 heterocycles. The molecule has 0 aliphatic carbocycles. The van der Waals surface area contributed by atoms with Crippen LogP contribution < -0.4 is 10.5 Å². The number of carboxylic acid groups (broad SMARTS) is 1. The van der Waals surface area contributed by atoms with Gasteiger partial charge in [0.1, 0.15) is 5.75 Å². The van der Waals surface area contributed by atoms with Crippen LogP contribution >= 0.6 is 0 Å². The Morgan fingerprint density at radius 1 is 1.37 bits per heavy atom. The Kier molecular flexibility index (Phi) is 6.33. The first-order valence-corrected chi connectivity index (χ1v) is 8.82. The lowest BCUT2D eigenvalue weighted by Gasteiger charge is -2.36. The number of hydrogen-bond acceptors (Lipinski definition) is 7. The van der Waals surface area contributed by atoms with Crippen molar-refractivity contribution in [3.63, 3.8) is 0 Å². The first-order chi connectivity index (χ1) is 13.1. The van der Waals surface area contributed by atoms with Crippen LogP contribution in [-0.4, -0.2) is 64.9 Å². The fourth-order valence-corrected chi connectivity index (χ4v) is 3.20. The van der Waals surface area contributed by atoms with Crippen molar-refractivity contribution in [3.8, 4) is 17.1 Å². The van der Waals surface area contributed by atoms with Crippen molar-refractivity contribution in [1.29, 1.82) is 0 Å². The third kappa shape index (κ3) is 5.00. The molecule has 0 unspecified atom stereocenters. The average molecular weight is 372 g/mol. The summed E-state index contributed by atoms with van der Waals surface area (Å²) in [6.07, 6.45) is 4.19. The summed E-state index contributed by atoms with van der Waals surface area (Å²) >= 11 is 0. The molecule has 1 aliphatic heterocycles. The smallest absolute Gasteiger partial charge is 0.341 e. The summed E-state index contributed by atoms with van der Waals surface area (Å²) in [5.74, 6) is 0.139. The van der Waals surface area contributed by atoms with Gasteiger partial charge in [0.15, 0.2) is 12.4 Å². The van der Waals surface area contributed by atoms with Crippen molar-refractivity contribution in [2.45, 2.75) is 25.1 Å². The second-order valence-electron chi connectivity index (χ2n) is 6.54. The highest BCUT2D eigenvalue weighted by molar-refractivity contribution is 5.68. The van der Waals surface area contributed by atoms with Gasteiger partial charge in [-0.3, -0.25) is 4.90 Å². The summed E-state index contributed by atoms with van der Waals surface area (Å²) in [7, 11) is 1.67. The van der Waals surface area contributed by atoms with Crippen LogP contribution in [0.15, 0.2) is 36.7 Å². The van der Waals surface area contributed by atoms with E-state index in [9.17, 15) is 4.79 Å². The van der Waals surface area contributed by atoms with E-state index in [0.717, 1.165) is 24.1 Å². The number of likely N-dealkylation sites (tertiary alicyclic amines) is 1. The van der Waals surface area contributed by atoms with E-state index in [4.69, 9.17) is 20.3 Å². The molecule has 2 atom stereocenters. The molecule has 144 valence electrons. The Bertz CT molecular complexity index is 772. The first kappa shape index (κ1) is 19.2. The number of aliphatic carboxylic acids is 1. The van der Waals surface area contributed by atoms with Crippen molar-refractivity contribution in [3.05, 3.63) is 42.2 Å². The maximum absolute atomic E-state index is 10.9. The predicted octanol–water partition coefficient (Wildman–Crippen LogP) is 1.16. The molecule has 27 heavy (non-hydrogen) atoms. The zero-order valence-corrected chi connectivity index (χ0v) is 15.2. The van der Waals surface area contributed by atoms with E-state index < -0.39 is 5.97 Å². The number of carbonyl (C=O) groups is 1. The van der Waals surface area contributed by atoms with Gasteiger partial charge in [-0.05, 0) is 30.7 Å². The van der Waals surface area contributed by atoms with Gasteiger partial charge in [0.25, 0.3) is 0 Å². The summed E-state index contributed by atoms with van der Waals surface area (Å²) in [5, 5.41) is 8.93. The van der Waals surface area contributed by atoms with Gasteiger partial charge in [-0.1, -0.05) is 0 Å². The molecule has 3 rings (SSSR count). The molecule has 1 saturated heterocycles. The maximum atomic E-state index is 10.9. The molecule has 1 aromatic carbocycles. The van der Waals surface area contributed by atoms with Crippen molar-refractivity contribution in [1.82, 2.24) is 14.9 Å². The number of piperidine rings is 1. The molecular weight excluding hydrogens is 348 g/mol. The number of benzene rings is 1. The van der Waals surface area contributed by atoms with Crippen molar-refractivity contribution < 1.29 is 19.4 Å². The number of rotatable bonds is 7. The summed E-state index contributed by atoms with van der Waals surface area (Å²) in [6.45, 7) is 1.76. The number of ether oxygens (including phenoxy) is 2. The molecule has 2 aromatic rings. The van der Waals surface area contributed by atoms with Gasteiger partial charge in [-0.15, -0.1) is 0 Å². The van der Waals surface area contributed by atoms with Crippen LogP contribution in [0.4, 0.5) is 0 Å². The molecule has 8 nitrogen and oxygen atoms in total. The number of carboxylic acids is 1. The minimum Gasteiger partial charge on any atom is -0.482 e. The Morgan fingerprint density at radius 2 is 2.15 bits per heavy atom. The highest BCUT2D eigenvalue weighted by Gasteiger charge is 2.27. The van der Waals surface area contributed by atoms with E-state index in [1.54, 1.807) is 31.6 Å². The van der Waals surface area contributed by atoms with Gasteiger partial charge in [-0.25, -0.2) is 14.8 Å². The lowest BCUT2D eigenvalue weighted by atomic mass is 10.0. The van der Waals surface area contributed by atoms with Crippen LogP contribution in [-0.2, 0) is 16.1 Å². The fourth-order valence-electron chi connectivity index (χ4n) is 3.20. The number of methoxy groups -OCH3 is 1. The van der Waals surface area contributed by atoms with Gasteiger partial charge < -0.3 is 20.3 Å². The molecule has 0 spiro atoms. The van der Waals surface area contributed by atoms with Crippen molar-refractivity contribution in [2.75, 3.05) is 26.8 Å². The molecule has 0 amide bonds. The largest absolute Gasteiger partial charge is 0.482 e. The minimum atomic E-state index is -1.01. The standard InChI is InChI=1S/C19H24N4O4/c1-26-17-11-23(8-5-15(17)20)10-14-9-13(19-21-6-2-7-22-19)3-4-16(14)27-12-18(24)25/h2-4,6-7,9,15,17H,5,8,10-12,20H2,1H3,(H,24,25)/t15-,17+/m1/s1. The zero-order chi connectivity index (χ0) is 19.2. The lowest BCUT2D eigenvalue weighted by molar-refractivity contribution is -0.139. The second-order valence-corrected chi connectivity index (χ2v) is 6.54. The molecular formula is C19H24N4O4. The summed E-state index contributed by atoms with van der Waals surface area (Å²) in [4.78, 5) is 21.7. The Morgan fingerprint density at radius 3 is 2.85 bits per heavy atom. The SMILES string of the molecule is CO[C@H]1CN(Cc2cc(-c3ncccn3)ccc2OCC(=O)O)CC[C@H]1N. The topological polar surface area (TPSA) is 111 Å². The van der Waals surface area contributed by atoms with Crippen LogP contribution in [0, 0.1) is 0 Å². The van der Waals surface area contributed by atoms with Crippen LogP contribution in [0.1, 0.15) is 12.0 Å². The van der Waals surface area contributed by atoms with Gasteiger partial charge in [0.05, 0.1) is 6.10 Å². The van der Waals surface area contributed by atoms with Gasteiger partial charge in [0, 0.05) is 56.3 Å². The quantitative estimate of drug-likeness (QED) is 0.745. The summed E-state index contributed by atoms with van der Waals surface area (Å²) < 4.78 is 11.0. The van der Waals surface area contributed by atoms with Gasteiger partial charge in [0.2, 0.25) is 0 Å². The third-order valence-electron chi connectivity index (χ3n) is 4.63. The molecule has 3 N–H and O–H groups in total. The van der Waals surface area contributed by atoms with Crippen LogP contribution in [0.5, 0.6) is 5.75 Å². The van der Waals surface area contributed by atoms with Crippen LogP contribution in [0.3, 0.4) is 0 Å². The van der Waals surface area contributed by atoms with Crippen molar-refractivity contribution in [2.24, 2.45) is 5.73 Å². The molecule has 0 saturated carbocycles. The fraction of sp³-hybridized carbons (Fsp3) is 0.421. The lowest BCUT2D eigenvalue weighted by Crippen LogP contribution is -2.51. The van der Waals surface area contributed by atoms with E-state index in [0.29, 0.717) is 24.7 Å². The predicted molar refractivity (Wildman–Crippen MR) is 99.3 cm³/mol. The summed E-state index contributed by atoms with van der Waals surface area (Å²) in [5.41, 5.74) is 7.83. The summed E-state index contributed by atoms with van der Waals surface area (Å²) in [6, 6.07) is 7.34. The first-order valence-electron chi connectivity index (χ1n) is 8.82. The van der Waals surface area contributed by atoms with Crippen LogP contribution in [0.25, 0.3) is 11.4 Å². The number of aromatic nitrogens is 2. The monoisotopic (exact) mass is 372 g/mol. The Hall–Kier alpha value is -2.55. The highest BCUT2D eigenvalue weighted by Crippen LogP contribution is 2.27. The van der Waals surface area contributed by atoms with E-state index >= 15 is 0 Å². The van der Waals surface area contributed by atoms with Crippen LogP contribution in [0.2, 0.25) is 0 Å². The van der Waals surface area contributed by atoms with Gasteiger partial charge >= 0.3 is 5.97 Å². The number of nitrogens with two attached hydrogens (primary N) is 1. The molecule has 1 aromatic heterocycles. The van der Waals surface area contributed by atoms with E-state index in [2.05, 4.69) is 14.9 Å².